The smallest absolute Gasteiger partial charge is 0.279 e. The molecule has 0 saturated carbocycles. The number of hydrogen-bond donors (Lipinski definition) is 2. The molecule has 0 bridgehead atoms. The van der Waals surface area contributed by atoms with Crippen molar-refractivity contribution in [3.63, 3.8) is 0 Å². The van der Waals surface area contributed by atoms with Gasteiger partial charge in [-0.15, -0.1) is 0 Å². The van der Waals surface area contributed by atoms with Crippen molar-refractivity contribution in [2.24, 2.45) is 11.7 Å². The first-order chi connectivity index (χ1) is 7.95. The first-order valence-corrected chi connectivity index (χ1v) is 7.45. The third-order valence-electron chi connectivity index (χ3n) is 2.67. The topological polar surface area (TPSA) is 84.7 Å². The highest BCUT2D eigenvalue weighted by molar-refractivity contribution is 7.87. The lowest BCUT2D eigenvalue weighted by Gasteiger charge is -2.28. The minimum atomic E-state index is -3.42. The third-order valence-corrected chi connectivity index (χ3v) is 4.34. The van der Waals surface area contributed by atoms with Crippen LogP contribution in [0.1, 0.15) is 20.3 Å². The van der Waals surface area contributed by atoms with Gasteiger partial charge in [0.05, 0.1) is 13.2 Å². The normalized spacial score (nSPS) is 20.7. The Kier molecular flexibility index (Phi) is 5.81. The van der Waals surface area contributed by atoms with E-state index in [0.29, 0.717) is 38.8 Å². The molecule has 1 atom stereocenters. The minimum Gasteiger partial charge on any atom is -0.379 e. The summed E-state index contributed by atoms with van der Waals surface area (Å²) in [5, 5.41) is 0. The molecular weight excluding hydrogens is 242 g/mol. The lowest BCUT2D eigenvalue weighted by molar-refractivity contribution is 0.0723. The zero-order valence-electron chi connectivity index (χ0n) is 10.6. The molecule has 0 spiro atoms. The third kappa shape index (κ3) is 4.89. The lowest BCUT2D eigenvalue weighted by atomic mass is 10.1. The van der Waals surface area contributed by atoms with Crippen LogP contribution in [0.3, 0.4) is 0 Å². The van der Waals surface area contributed by atoms with Gasteiger partial charge in [0.15, 0.2) is 0 Å². The molecule has 1 unspecified atom stereocenters. The number of rotatable bonds is 6. The first-order valence-electron chi connectivity index (χ1n) is 6.01. The average Bonchev–Trinajstić information content (AvgIpc) is 2.28. The molecule has 7 heteroatoms. The Balaban J connectivity index is 2.56. The maximum absolute atomic E-state index is 12.0. The van der Waals surface area contributed by atoms with Crippen LogP contribution in [0.5, 0.6) is 0 Å². The summed E-state index contributed by atoms with van der Waals surface area (Å²) in [5.41, 5.74) is 5.59. The van der Waals surface area contributed by atoms with Crippen LogP contribution in [0.4, 0.5) is 0 Å². The van der Waals surface area contributed by atoms with Crippen molar-refractivity contribution in [1.82, 2.24) is 9.03 Å². The predicted molar refractivity (Wildman–Crippen MR) is 66.7 cm³/mol. The molecule has 1 fully saturated rings. The molecule has 1 saturated heterocycles. The summed E-state index contributed by atoms with van der Waals surface area (Å²) >= 11 is 0. The van der Waals surface area contributed by atoms with Crippen molar-refractivity contribution >= 4 is 10.2 Å². The Morgan fingerprint density at radius 2 is 1.94 bits per heavy atom. The van der Waals surface area contributed by atoms with Gasteiger partial charge in [-0.05, 0) is 12.3 Å². The van der Waals surface area contributed by atoms with Crippen LogP contribution in [-0.2, 0) is 14.9 Å². The Bertz CT molecular complexity index is 313. The van der Waals surface area contributed by atoms with E-state index in [1.54, 1.807) is 0 Å². The predicted octanol–water partition coefficient (Wildman–Crippen LogP) is -0.474. The van der Waals surface area contributed by atoms with E-state index < -0.39 is 10.2 Å². The van der Waals surface area contributed by atoms with Crippen LogP contribution in [0, 0.1) is 5.92 Å². The van der Waals surface area contributed by atoms with Gasteiger partial charge in [-0.25, -0.2) is 0 Å². The van der Waals surface area contributed by atoms with E-state index in [2.05, 4.69) is 4.72 Å². The van der Waals surface area contributed by atoms with E-state index in [-0.39, 0.29) is 6.04 Å². The fourth-order valence-electron chi connectivity index (χ4n) is 1.83. The highest BCUT2D eigenvalue weighted by Gasteiger charge is 2.26. The van der Waals surface area contributed by atoms with Gasteiger partial charge in [-0.3, -0.25) is 0 Å². The van der Waals surface area contributed by atoms with Gasteiger partial charge in [0.25, 0.3) is 10.2 Å². The molecule has 102 valence electrons. The van der Waals surface area contributed by atoms with Gasteiger partial charge in [0, 0.05) is 25.7 Å². The van der Waals surface area contributed by atoms with E-state index >= 15 is 0 Å². The Morgan fingerprint density at radius 3 is 2.41 bits per heavy atom. The molecular formula is C10H23N3O3S. The second-order valence-corrected chi connectivity index (χ2v) is 6.40. The van der Waals surface area contributed by atoms with Crippen molar-refractivity contribution in [1.29, 1.82) is 0 Å². The Hall–Kier alpha value is -0.210. The van der Waals surface area contributed by atoms with Crippen molar-refractivity contribution in [2.75, 3.05) is 32.8 Å². The highest BCUT2D eigenvalue weighted by atomic mass is 32.2. The van der Waals surface area contributed by atoms with E-state index in [4.69, 9.17) is 10.5 Å². The quantitative estimate of drug-likeness (QED) is 0.680. The van der Waals surface area contributed by atoms with Crippen LogP contribution in [0.25, 0.3) is 0 Å². The van der Waals surface area contributed by atoms with Gasteiger partial charge in [-0.2, -0.15) is 17.4 Å². The Morgan fingerprint density at radius 1 is 1.35 bits per heavy atom. The standard InChI is InChI=1S/C10H23N3O3S/c1-9(2)7-10(8-11)12-17(14,15)13-3-5-16-6-4-13/h9-10,12H,3-8,11H2,1-2H3. The largest absolute Gasteiger partial charge is 0.379 e. The molecule has 17 heavy (non-hydrogen) atoms. The molecule has 1 rings (SSSR count). The van der Waals surface area contributed by atoms with E-state index in [9.17, 15) is 8.42 Å². The summed E-state index contributed by atoms with van der Waals surface area (Å²) in [6, 6.07) is -0.192. The van der Waals surface area contributed by atoms with E-state index in [0.717, 1.165) is 6.42 Å². The maximum atomic E-state index is 12.0. The monoisotopic (exact) mass is 265 g/mol. The highest BCUT2D eigenvalue weighted by Crippen LogP contribution is 2.08. The molecule has 0 aromatic heterocycles. The van der Waals surface area contributed by atoms with E-state index in [1.165, 1.54) is 4.31 Å². The van der Waals surface area contributed by atoms with Crippen molar-refractivity contribution in [3.05, 3.63) is 0 Å². The molecule has 6 nitrogen and oxygen atoms in total. The molecule has 1 heterocycles. The van der Waals surface area contributed by atoms with Crippen molar-refractivity contribution in [3.8, 4) is 0 Å². The molecule has 0 aromatic carbocycles. The SMILES string of the molecule is CC(C)CC(CN)NS(=O)(=O)N1CCOCC1. The number of nitrogens with one attached hydrogen (secondary N) is 1. The fourth-order valence-corrected chi connectivity index (χ4v) is 3.23. The summed E-state index contributed by atoms with van der Waals surface area (Å²) in [4.78, 5) is 0. The van der Waals surface area contributed by atoms with Gasteiger partial charge in [0.2, 0.25) is 0 Å². The van der Waals surface area contributed by atoms with Crippen LogP contribution in [0.15, 0.2) is 0 Å². The molecule has 0 aliphatic carbocycles. The summed E-state index contributed by atoms with van der Waals surface area (Å²) in [6.07, 6.45) is 0.750. The zero-order chi connectivity index (χ0) is 12.9. The second kappa shape index (κ2) is 6.65. The maximum Gasteiger partial charge on any atom is 0.279 e. The minimum absolute atomic E-state index is 0.192. The fraction of sp³-hybridized carbons (Fsp3) is 1.00. The van der Waals surface area contributed by atoms with Gasteiger partial charge in [-0.1, -0.05) is 13.8 Å². The van der Waals surface area contributed by atoms with Crippen LogP contribution in [-0.4, -0.2) is 51.6 Å². The first kappa shape index (κ1) is 14.8. The number of morpholine rings is 1. The lowest BCUT2D eigenvalue weighted by Crippen LogP contribution is -2.51. The zero-order valence-corrected chi connectivity index (χ0v) is 11.4. The summed E-state index contributed by atoms with van der Waals surface area (Å²) < 4.78 is 33.3. The summed E-state index contributed by atoms with van der Waals surface area (Å²) in [6.45, 7) is 6.15. The van der Waals surface area contributed by atoms with Crippen LogP contribution in [0.2, 0.25) is 0 Å². The molecule has 0 aromatic rings. The van der Waals surface area contributed by atoms with E-state index in [1.807, 2.05) is 13.8 Å². The van der Waals surface area contributed by atoms with Crippen molar-refractivity contribution < 1.29 is 13.2 Å². The molecule has 0 radical (unpaired) electrons. The Labute approximate surface area is 104 Å². The average molecular weight is 265 g/mol. The molecule has 1 aliphatic heterocycles. The van der Waals surface area contributed by atoms with Gasteiger partial charge >= 0.3 is 0 Å². The van der Waals surface area contributed by atoms with Gasteiger partial charge < -0.3 is 10.5 Å². The molecule has 0 amide bonds. The van der Waals surface area contributed by atoms with Crippen LogP contribution < -0.4 is 10.5 Å². The number of ether oxygens (including phenoxy) is 1. The van der Waals surface area contributed by atoms with Crippen LogP contribution >= 0.6 is 0 Å². The number of hydrogen-bond acceptors (Lipinski definition) is 4. The van der Waals surface area contributed by atoms with Crippen molar-refractivity contribution in [2.45, 2.75) is 26.3 Å². The second-order valence-electron chi connectivity index (χ2n) is 4.70. The summed E-state index contributed by atoms with van der Waals surface area (Å²) in [5.74, 6) is 0.413. The number of nitrogens with zero attached hydrogens (tertiary/aromatic N) is 1. The molecule has 3 N–H and O–H groups in total. The number of nitrogens with two attached hydrogens (primary N) is 1. The summed E-state index contributed by atoms with van der Waals surface area (Å²) in [7, 11) is -3.42. The molecule has 1 aliphatic rings. The van der Waals surface area contributed by atoms with Gasteiger partial charge in [0.1, 0.15) is 0 Å².